The Morgan fingerprint density at radius 2 is 2.00 bits per heavy atom. The molecule has 1 aromatic carbocycles. The predicted molar refractivity (Wildman–Crippen MR) is 70.6 cm³/mol. The van der Waals surface area contributed by atoms with Crippen LogP contribution in [-0.2, 0) is 6.42 Å². The minimum absolute atomic E-state index is 0.0457. The van der Waals surface area contributed by atoms with Gasteiger partial charge in [-0.3, -0.25) is 0 Å². The summed E-state index contributed by atoms with van der Waals surface area (Å²) >= 11 is 3.45. The molecule has 0 fully saturated rings. The van der Waals surface area contributed by atoms with Gasteiger partial charge in [0.15, 0.2) is 5.96 Å². The average Bonchev–Trinajstić information content (AvgIpc) is 2.19. The maximum atomic E-state index is 5.53. The van der Waals surface area contributed by atoms with Gasteiger partial charge in [0.25, 0.3) is 0 Å². The molecule has 0 amide bonds. The highest BCUT2D eigenvalue weighted by Gasteiger charge is 1.99. The van der Waals surface area contributed by atoms with Crippen LogP contribution in [0, 0.1) is 0 Å². The van der Waals surface area contributed by atoms with Gasteiger partial charge in [-0.25, -0.2) is 4.99 Å². The Morgan fingerprint density at radius 3 is 2.56 bits per heavy atom. The van der Waals surface area contributed by atoms with E-state index in [1.807, 2.05) is 18.2 Å². The van der Waals surface area contributed by atoms with Crippen LogP contribution in [-0.4, -0.2) is 11.9 Å². The summed E-state index contributed by atoms with van der Waals surface area (Å²) in [6.45, 7) is 2.06. The van der Waals surface area contributed by atoms with Crippen LogP contribution in [0.2, 0.25) is 0 Å². The van der Waals surface area contributed by atoms with E-state index >= 15 is 0 Å². The molecule has 0 atom stereocenters. The summed E-state index contributed by atoms with van der Waals surface area (Å²) in [5, 5.41) is 0. The molecule has 0 aromatic heterocycles. The van der Waals surface area contributed by atoms with Gasteiger partial charge in [-0.15, -0.1) is 0 Å². The molecular formula is C10H14BrN5. The Hall–Kier alpha value is -1.56. The van der Waals surface area contributed by atoms with E-state index in [-0.39, 0.29) is 11.9 Å². The van der Waals surface area contributed by atoms with Crippen LogP contribution in [0.15, 0.2) is 32.7 Å². The largest absolute Gasteiger partial charge is 0.370 e. The van der Waals surface area contributed by atoms with Gasteiger partial charge in [-0.1, -0.05) is 22.9 Å². The molecule has 0 spiro atoms. The number of aryl methyl sites for hydroxylation is 1. The van der Waals surface area contributed by atoms with E-state index in [0.717, 1.165) is 22.1 Å². The first-order valence-corrected chi connectivity index (χ1v) is 5.54. The third-order valence-corrected chi connectivity index (χ3v) is 2.67. The van der Waals surface area contributed by atoms with Gasteiger partial charge >= 0.3 is 0 Å². The number of halogens is 1. The molecule has 0 saturated heterocycles. The third kappa shape index (κ3) is 3.54. The second-order valence-electron chi connectivity index (χ2n) is 3.14. The summed E-state index contributed by atoms with van der Waals surface area (Å²) in [6, 6.07) is 5.68. The first-order valence-electron chi connectivity index (χ1n) is 4.75. The Balaban J connectivity index is 3.02. The molecule has 0 heterocycles. The molecule has 0 aliphatic carbocycles. The quantitative estimate of drug-likeness (QED) is 0.562. The first-order chi connectivity index (χ1) is 7.52. The Morgan fingerprint density at radius 1 is 1.31 bits per heavy atom. The van der Waals surface area contributed by atoms with E-state index in [9.17, 15) is 0 Å². The fourth-order valence-electron chi connectivity index (χ4n) is 1.19. The molecule has 0 bridgehead atoms. The second kappa shape index (κ2) is 5.50. The first kappa shape index (κ1) is 12.5. The molecule has 1 aromatic rings. The zero-order valence-corrected chi connectivity index (χ0v) is 10.5. The van der Waals surface area contributed by atoms with E-state index in [0.29, 0.717) is 0 Å². The number of hydrogen-bond acceptors (Lipinski definition) is 1. The third-order valence-electron chi connectivity index (χ3n) is 1.90. The minimum atomic E-state index is -0.103. The highest BCUT2D eigenvalue weighted by molar-refractivity contribution is 9.10. The topological polar surface area (TPSA) is 103 Å². The number of rotatable bonds is 2. The molecule has 1 rings (SSSR count). The number of nitrogens with two attached hydrogens (primary N) is 3. The summed E-state index contributed by atoms with van der Waals surface area (Å²) in [5.41, 5.74) is 17.8. The minimum Gasteiger partial charge on any atom is -0.370 e. The lowest BCUT2D eigenvalue weighted by Gasteiger charge is -2.02. The maximum Gasteiger partial charge on any atom is 0.223 e. The molecule has 0 saturated carbocycles. The van der Waals surface area contributed by atoms with E-state index in [4.69, 9.17) is 17.2 Å². The molecule has 86 valence electrons. The van der Waals surface area contributed by atoms with Gasteiger partial charge in [-0.2, -0.15) is 4.99 Å². The molecule has 5 nitrogen and oxygen atoms in total. The van der Waals surface area contributed by atoms with E-state index < -0.39 is 0 Å². The van der Waals surface area contributed by atoms with E-state index in [2.05, 4.69) is 32.8 Å². The fourth-order valence-corrected chi connectivity index (χ4v) is 1.72. The van der Waals surface area contributed by atoms with Crippen LogP contribution in [0.5, 0.6) is 0 Å². The molecule has 6 N–H and O–H groups in total. The van der Waals surface area contributed by atoms with Crippen LogP contribution in [0.3, 0.4) is 0 Å². The zero-order chi connectivity index (χ0) is 12.1. The standard InChI is InChI=1S/C10H14BrN5/c1-2-6-5-7(3-4-8(6)11)15-10(14)16-9(12)13/h3-5H,2H2,1H3,(H6,12,13,14,15,16). The van der Waals surface area contributed by atoms with Crippen LogP contribution >= 0.6 is 15.9 Å². The lowest BCUT2D eigenvalue weighted by Crippen LogP contribution is -2.26. The van der Waals surface area contributed by atoms with Gasteiger partial charge in [0.05, 0.1) is 5.69 Å². The fraction of sp³-hybridized carbons (Fsp3) is 0.200. The van der Waals surface area contributed by atoms with Crippen LogP contribution in [0.1, 0.15) is 12.5 Å². The second-order valence-corrected chi connectivity index (χ2v) is 3.99. The molecule has 6 heteroatoms. The number of guanidine groups is 2. The van der Waals surface area contributed by atoms with Crippen LogP contribution in [0.25, 0.3) is 0 Å². The highest BCUT2D eigenvalue weighted by atomic mass is 79.9. The van der Waals surface area contributed by atoms with Crippen molar-refractivity contribution in [1.82, 2.24) is 0 Å². The molecule has 0 radical (unpaired) electrons. The molecule has 16 heavy (non-hydrogen) atoms. The van der Waals surface area contributed by atoms with Gasteiger partial charge < -0.3 is 17.2 Å². The Bertz CT molecular complexity index is 435. The lowest BCUT2D eigenvalue weighted by atomic mass is 10.1. The van der Waals surface area contributed by atoms with Crippen molar-refractivity contribution in [1.29, 1.82) is 0 Å². The van der Waals surface area contributed by atoms with Crippen molar-refractivity contribution in [3.05, 3.63) is 28.2 Å². The van der Waals surface area contributed by atoms with E-state index in [1.165, 1.54) is 0 Å². The summed E-state index contributed by atoms with van der Waals surface area (Å²) in [7, 11) is 0. The lowest BCUT2D eigenvalue weighted by molar-refractivity contribution is 1.12. The van der Waals surface area contributed by atoms with Crippen LogP contribution < -0.4 is 17.2 Å². The van der Waals surface area contributed by atoms with Gasteiger partial charge in [0, 0.05) is 4.47 Å². The van der Waals surface area contributed by atoms with Gasteiger partial charge in [0.2, 0.25) is 5.96 Å². The summed E-state index contributed by atoms with van der Waals surface area (Å²) in [4.78, 5) is 7.71. The number of benzene rings is 1. The van der Waals surface area contributed by atoms with Crippen LogP contribution in [0.4, 0.5) is 5.69 Å². The van der Waals surface area contributed by atoms with Crippen molar-refractivity contribution >= 4 is 33.5 Å². The molecule has 0 aliphatic rings. The van der Waals surface area contributed by atoms with Crippen molar-refractivity contribution in [2.24, 2.45) is 27.2 Å². The molecule has 0 aliphatic heterocycles. The predicted octanol–water partition coefficient (Wildman–Crippen LogP) is 1.23. The van der Waals surface area contributed by atoms with Crippen molar-refractivity contribution in [2.45, 2.75) is 13.3 Å². The number of aliphatic imine (C=N–C) groups is 2. The highest BCUT2D eigenvalue weighted by Crippen LogP contribution is 2.23. The smallest absolute Gasteiger partial charge is 0.223 e. The average molecular weight is 284 g/mol. The molecular weight excluding hydrogens is 270 g/mol. The summed E-state index contributed by atoms with van der Waals surface area (Å²) in [5.74, 6) is -0.0570. The van der Waals surface area contributed by atoms with Crippen molar-refractivity contribution in [3.63, 3.8) is 0 Å². The normalized spacial score (nSPS) is 11.2. The van der Waals surface area contributed by atoms with E-state index in [1.54, 1.807) is 0 Å². The summed E-state index contributed by atoms with van der Waals surface area (Å²) < 4.78 is 1.05. The Kier molecular flexibility index (Phi) is 4.30. The number of hydrogen-bond donors (Lipinski definition) is 3. The molecule has 0 unspecified atom stereocenters. The monoisotopic (exact) mass is 283 g/mol. The number of nitrogens with zero attached hydrogens (tertiary/aromatic N) is 2. The zero-order valence-electron chi connectivity index (χ0n) is 8.94. The summed E-state index contributed by atoms with van der Waals surface area (Å²) in [6.07, 6.45) is 0.909. The van der Waals surface area contributed by atoms with Crippen molar-refractivity contribution in [3.8, 4) is 0 Å². The van der Waals surface area contributed by atoms with Gasteiger partial charge in [-0.05, 0) is 30.2 Å². The SMILES string of the molecule is CCc1cc(N=C(N)N=C(N)N)ccc1Br. The Labute approximate surface area is 103 Å². The van der Waals surface area contributed by atoms with Crippen molar-refractivity contribution < 1.29 is 0 Å². The van der Waals surface area contributed by atoms with Gasteiger partial charge in [0.1, 0.15) is 0 Å². The maximum absolute atomic E-state index is 5.53. The van der Waals surface area contributed by atoms with Crippen molar-refractivity contribution in [2.75, 3.05) is 0 Å².